The molecule has 7 nitrogen and oxygen atoms in total. The van der Waals surface area contributed by atoms with E-state index in [1.807, 2.05) is 0 Å². The zero-order valence-electron chi connectivity index (χ0n) is 18.0. The number of fused-ring (bicyclic) bond motifs is 1. The Kier molecular flexibility index (Phi) is 5.60. The molecule has 2 heterocycles. The number of amides is 1. The normalized spacial score (nSPS) is 23.4. The SMILES string of the molecule is N[C@H]1CS(=O)(=O)c2ccc(C(=O)CC3CC4(COC4)C3)cc2N(Cc2ccc(Cl)cc2)C1=O. The number of rotatable bonds is 5. The van der Waals surface area contributed by atoms with Crippen LogP contribution in [0.25, 0.3) is 0 Å². The third kappa shape index (κ3) is 4.21. The number of anilines is 1. The second kappa shape index (κ2) is 8.20. The zero-order valence-corrected chi connectivity index (χ0v) is 19.6. The number of ketones is 1. The van der Waals surface area contributed by atoms with Gasteiger partial charge in [-0.15, -0.1) is 0 Å². The molecule has 5 rings (SSSR count). The summed E-state index contributed by atoms with van der Waals surface area (Å²) in [6, 6.07) is 10.3. The lowest BCUT2D eigenvalue weighted by Gasteiger charge is -2.53. The van der Waals surface area contributed by atoms with Crippen LogP contribution in [0.4, 0.5) is 5.69 Å². The summed E-state index contributed by atoms with van der Waals surface area (Å²) in [5.74, 6) is -0.718. The Balaban J connectivity index is 1.46. The first-order chi connectivity index (χ1) is 15.7. The van der Waals surface area contributed by atoms with Crippen molar-refractivity contribution in [3.8, 4) is 0 Å². The average Bonchev–Trinajstić information content (AvgIpc) is 2.78. The number of halogens is 1. The Bertz CT molecular complexity index is 1220. The Morgan fingerprint density at radius 1 is 1.15 bits per heavy atom. The highest BCUT2D eigenvalue weighted by Gasteiger charge is 2.50. The van der Waals surface area contributed by atoms with Crippen LogP contribution in [-0.2, 0) is 25.9 Å². The summed E-state index contributed by atoms with van der Waals surface area (Å²) in [6.07, 6.45) is 2.36. The number of carbonyl (C=O) groups is 2. The summed E-state index contributed by atoms with van der Waals surface area (Å²) >= 11 is 5.97. The minimum atomic E-state index is -3.80. The van der Waals surface area contributed by atoms with E-state index in [0.717, 1.165) is 31.6 Å². The molecule has 1 saturated carbocycles. The molecule has 1 atom stereocenters. The van der Waals surface area contributed by atoms with E-state index in [2.05, 4.69) is 0 Å². The summed E-state index contributed by atoms with van der Waals surface area (Å²) in [5.41, 5.74) is 7.61. The molecular formula is C24H25ClN2O5S. The van der Waals surface area contributed by atoms with Crippen molar-refractivity contribution in [3.63, 3.8) is 0 Å². The van der Waals surface area contributed by atoms with Gasteiger partial charge in [0.05, 0.1) is 42.1 Å². The summed E-state index contributed by atoms with van der Waals surface area (Å²) < 4.78 is 31.2. The standard InChI is InChI=1S/C24H25ClN2O5S/c25-18-4-1-15(2-5-18)11-27-20-8-17(21(28)7-16-9-24(10-16)13-32-14-24)3-6-22(20)33(30,31)12-19(26)23(27)29/h1-6,8,16,19H,7,9-14,26H2/t19-/m0/s1. The number of nitrogens with zero attached hydrogens (tertiary/aromatic N) is 1. The van der Waals surface area contributed by atoms with Crippen molar-refractivity contribution in [2.24, 2.45) is 17.1 Å². The first-order valence-corrected chi connectivity index (χ1v) is 13.0. The highest BCUT2D eigenvalue weighted by molar-refractivity contribution is 7.91. The van der Waals surface area contributed by atoms with Crippen LogP contribution < -0.4 is 10.6 Å². The van der Waals surface area contributed by atoms with E-state index in [9.17, 15) is 18.0 Å². The van der Waals surface area contributed by atoms with Gasteiger partial charge in [-0.25, -0.2) is 8.42 Å². The molecule has 3 aliphatic rings. The van der Waals surface area contributed by atoms with Gasteiger partial charge in [-0.1, -0.05) is 23.7 Å². The number of sulfone groups is 1. The third-order valence-corrected chi connectivity index (χ3v) is 8.94. The minimum absolute atomic E-state index is 0.0172. The van der Waals surface area contributed by atoms with Gasteiger partial charge in [0, 0.05) is 22.4 Å². The fraction of sp³-hybridized carbons (Fsp3) is 0.417. The molecule has 0 bridgehead atoms. The lowest BCUT2D eigenvalue weighted by molar-refractivity contribution is -0.177. The predicted octanol–water partition coefficient (Wildman–Crippen LogP) is 2.99. The average molecular weight is 489 g/mol. The van der Waals surface area contributed by atoms with Gasteiger partial charge in [-0.05, 0) is 54.7 Å². The van der Waals surface area contributed by atoms with Gasteiger partial charge in [0.1, 0.15) is 0 Å². The van der Waals surface area contributed by atoms with Crippen LogP contribution in [0.3, 0.4) is 0 Å². The van der Waals surface area contributed by atoms with Crippen molar-refractivity contribution in [2.45, 2.75) is 36.7 Å². The fourth-order valence-electron chi connectivity index (χ4n) is 5.13. The predicted molar refractivity (Wildman–Crippen MR) is 124 cm³/mol. The van der Waals surface area contributed by atoms with Crippen LogP contribution in [0.2, 0.25) is 5.02 Å². The largest absolute Gasteiger partial charge is 0.380 e. The Morgan fingerprint density at radius 3 is 2.48 bits per heavy atom. The number of hydrogen-bond acceptors (Lipinski definition) is 6. The molecule has 174 valence electrons. The molecule has 0 aromatic heterocycles. The topological polar surface area (TPSA) is 107 Å². The highest BCUT2D eigenvalue weighted by atomic mass is 35.5. The van der Waals surface area contributed by atoms with Crippen LogP contribution in [0.5, 0.6) is 0 Å². The molecule has 2 aliphatic heterocycles. The van der Waals surface area contributed by atoms with Crippen LogP contribution >= 0.6 is 11.6 Å². The van der Waals surface area contributed by atoms with Gasteiger partial charge < -0.3 is 15.4 Å². The lowest BCUT2D eigenvalue weighted by Crippen LogP contribution is -2.52. The zero-order chi connectivity index (χ0) is 23.4. The monoisotopic (exact) mass is 488 g/mol. The van der Waals surface area contributed by atoms with E-state index >= 15 is 0 Å². The van der Waals surface area contributed by atoms with Gasteiger partial charge in [-0.3, -0.25) is 9.59 Å². The summed E-state index contributed by atoms with van der Waals surface area (Å²) in [5, 5.41) is 0.555. The maximum Gasteiger partial charge on any atom is 0.245 e. The molecule has 1 amide bonds. The molecule has 1 saturated heterocycles. The second-order valence-corrected chi connectivity index (χ2v) is 12.0. The number of Topliss-reactive ketones (excluding diaryl/α,β-unsaturated/α-hetero) is 1. The highest BCUT2D eigenvalue weighted by Crippen LogP contribution is 2.52. The molecule has 2 fully saturated rings. The summed E-state index contributed by atoms with van der Waals surface area (Å²) in [7, 11) is -3.80. The third-order valence-electron chi connectivity index (χ3n) is 6.88. The molecule has 2 aromatic rings. The Hall–Kier alpha value is -2.26. The fourth-order valence-corrected chi connectivity index (χ4v) is 6.82. The molecule has 2 aromatic carbocycles. The smallest absolute Gasteiger partial charge is 0.245 e. The van der Waals surface area contributed by atoms with Crippen LogP contribution in [-0.4, -0.2) is 45.1 Å². The first kappa shape index (κ1) is 22.5. The molecular weight excluding hydrogens is 464 g/mol. The van der Waals surface area contributed by atoms with Crippen molar-refractivity contribution in [3.05, 3.63) is 58.6 Å². The van der Waals surface area contributed by atoms with Crippen LogP contribution in [0.1, 0.15) is 35.2 Å². The van der Waals surface area contributed by atoms with Crippen molar-refractivity contribution in [2.75, 3.05) is 23.9 Å². The Morgan fingerprint density at radius 2 is 1.85 bits per heavy atom. The number of nitrogens with two attached hydrogens (primary N) is 1. The number of ether oxygens (including phenoxy) is 1. The van der Waals surface area contributed by atoms with Gasteiger partial charge in [0.25, 0.3) is 0 Å². The van der Waals surface area contributed by atoms with Gasteiger partial charge in [0.15, 0.2) is 15.6 Å². The molecule has 2 N–H and O–H groups in total. The van der Waals surface area contributed by atoms with Crippen LogP contribution in [0.15, 0.2) is 47.4 Å². The van der Waals surface area contributed by atoms with Crippen molar-refractivity contribution >= 4 is 38.8 Å². The number of carbonyl (C=O) groups excluding carboxylic acids is 2. The van der Waals surface area contributed by atoms with Crippen molar-refractivity contribution in [1.82, 2.24) is 0 Å². The summed E-state index contributed by atoms with van der Waals surface area (Å²) in [6.45, 7) is 1.67. The molecule has 1 aliphatic carbocycles. The minimum Gasteiger partial charge on any atom is -0.380 e. The van der Waals surface area contributed by atoms with E-state index in [4.69, 9.17) is 22.1 Å². The Labute approximate surface area is 197 Å². The molecule has 0 unspecified atom stereocenters. The van der Waals surface area contributed by atoms with Crippen molar-refractivity contribution in [1.29, 1.82) is 0 Å². The number of hydrogen-bond donors (Lipinski definition) is 1. The van der Waals surface area contributed by atoms with E-state index in [0.29, 0.717) is 22.9 Å². The van der Waals surface area contributed by atoms with Gasteiger partial charge >= 0.3 is 0 Å². The maximum atomic E-state index is 13.1. The summed E-state index contributed by atoms with van der Waals surface area (Å²) in [4.78, 5) is 27.5. The first-order valence-electron chi connectivity index (χ1n) is 10.9. The van der Waals surface area contributed by atoms with Gasteiger partial charge in [-0.2, -0.15) is 0 Å². The van der Waals surface area contributed by atoms with Crippen LogP contribution in [0, 0.1) is 11.3 Å². The van der Waals surface area contributed by atoms with Crippen molar-refractivity contribution < 1.29 is 22.7 Å². The quantitative estimate of drug-likeness (QED) is 0.648. The molecule has 0 radical (unpaired) electrons. The molecule has 1 spiro atoms. The van der Waals surface area contributed by atoms with E-state index in [-0.39, 0.29) is 28.3 Å². The van der Waals surface area contributed by atoms with E-state index in [1.165, 1.54) is 17.0 Å². The second-order valence-electron chi connectivity index (χ2n) is 9.52. The van der Waals surface area contributed by atoms with E-state index < -0.39 is 27.5 Å². The number of benzene rings is 2. The molecule has 33 heavy (non-hydrogen) atoms. The maximum absolute atomic E-state index is 13.1. The van der Waals surface area contributed by atoms with Gasteiger partial charge in [0.2, 0.25) is 5.91 Å². The molecule has 9 heteroatoms. The van der Waals surface area contributed by atoms with E-state index in [1.54, 1.807) is 30.3 Å². The lowest BCUT2D eigenvalue weighted by atomic mass is 9.59.